The van der Waals surface area contributed by atoms with Gasteiger partial charge in [0.2, 0.25) is 0 Å². The van der Waals surface area contributed by atoms with Gasteiger partial charge in [0.15, 0.2) is 0 Å². The van der Waals surface area contributed by atoms with Crippen LogP contribution >= 0.6 is 22.9 Å². The van der Waals surface area contributed by atoms with Crippen molar-refractivity contribution in [1.82, 2.24) is 4.98 Å². The standard InChI is InChI=1S/C13H22ClNS/c1-6-13(5,9-14)7-11-15-10(8-16-11)12(2,3)4/h8H,6-7,9H2,1-5H3. The Bertz CT molecular complexity index is 334. The maximum atomic E-state index is 6.03. The van der Waals surface area contributed by atoms with Crippen molar-refractivity contribution in [3.8, 4) is 0 Å². The van der Waals surface area contributed by atoms with Crippen molar-refractivity contribution in [3.63, 3.8) is 0 Å². The van der Waals surface area contributed by atoms with Gasteiger partial charge in [0, 0.05) is 23.1 Å². The average Bonchev–Trinajstić information content (AvgIpc) is 2.65. The largest absolute Gasteiger partial charge is 0.246 e. The van der Waals surface area contributed by atoms with E-state index in [1.54, 1.807) is 11.3 Å². The molecule has 3 heteroatoms. The Morgan fingerprint density at radius 2 is 1.94 bits per heavy atom. The summed E-state index contributed by atoms with van der Waals surface area (Å²) in [6.45, 7) is 11.0. The Balaban J connectivity index is 2.80. The molecule has 0 spiro atoms. The first-order valence-electron chi connectivity index (χ1n) is 5.81. The number of aromatic nitrogens is 1. The van der Waals surface area contributed by atoms with Crippen LogP contribution in [0.5, 0.6) is 0 Å². The predicted molar refractivity (Wildman–Crippen MR) is 73.6 cm³/mol. The Morgan fingerprint density at radius 1 is 1.31 bits per heavy atom. The van der Waals surface area contributed by atoms with Crippen molar-refractivity contribution in [2.45, 2.75) is 52.9 Å². The van der Waals surface area contributed by atoms with Gasteiger partial charge in [-0.3, -0.25) is 0 Å². The molecule has 0 amide bonds. The molecule has 1 nitrogen and oxygen atoms in total. The SMILES string of the molecule is CCC(C)(CCl)Cc1nc(C(C)(C)C)cs1. The second-order valence-electron chi connectivity index (χ2n) is 5.85. The minimum atomic E-state index is 0.151. The fourth-order valence-corrected chi connectivity index (χ4v) is 2.89. The van der Waals surface area contributed by atoms with Crippen molar-refractivity contribution >= 4 is 22.9 Å². The minimum Gasteiger partial charge on any atom is -0.246 e. The molecule has 1 atom stereocenters. The third-order valence-electron chi connectivity index (χ3n) is 3.07. The zero-order valence-electron chi connectivity index (χ0n) is 10.9. The lowest BCUT2D eigenvalue weighted by atomic mass is 9.86. The van der Waals surface area contributed by atoms with Crippen LogP contribution in [0.1, 0.15) is 51.7 Å². The molecule has 0 bridgehead atoms. The fourth-order valence-electron chi connectivity index (χ4n) is 1.37. The molecule has 0 fully saturated rings. The molecule has 1 aromatic heterocycles. The smallest absolute Gasteiger partial charge is 0.0934 e. The lowest BCUT2D eigenvalue weighted by Crippen LogP contribution is -2.20. The monoisotopic (exact) mass is 259 g/mol. The normalized spacial score (nSPS) is 16.1. The van der Waals surface area contributed by atoms with Crippen molar-refractivity contribution in [1.29, 1.82) is 0 Å². The molecule has 1 unspecified atom stereocenters. The van der Waals surface area contributed by atoms with E-state index in [0.29, 0.717) is 5.88 Å². The molecule has 1 heterocycles. The van der Waals surface area contributed by atoms with Crippen molar-refractivity contribution < 1.29 is 0 Å². The van der Waals surface area contributed by atoms with Gasteiger partial charge in [0.1, 0.15) is 0 Å². The summed E-state index contributed by atoms with van der Waals surface area (Å²) in [5.41, 5.74) is 1.54. The van der Waals surface area contributed by atoms with E-state index in [2.05, 4.69) is 40.0 Å². The van der Waals surface area contributed by atoms with Gasteiger partial charge in [0.25, 0.3) is 0 Å². The van der Waals surface area contributed by atoms with Crippen LogP contribution in [0, 0.1) is 5.41 Å². The van der Waals surface area contributed by atoms with Crippen LogP contribution < -0.4 is 0 Å². The van der Waals surface area contributed by atoms with E-state index >= 15 is 0 Å². The first-order valence-corrected chi connectivity index (χ1v) is 7.23. The number of rotatable bonds is 4. The summed E-state index contributed by atoms with van der Waals surface area (Å²) >= 11 is 7.80. The van der Waals surface area contributed by atoms with E-state index in [1.807, 2.05) is 0 Å². The topological polar surface area (TPSA) is 12.9 Å². The zero-order valence-corrected chi connectivity index (χ0v) is 12.5. The molecule has 0 aliphatic heterocycles. The van der Waals surface area contributed by atoms with Crippen LogP contribution in [0.4, 0.5) is 0 Å². The molecule has 0 aliphatic rings. The Morgan fingerprint density at radius 3 is 2.31 bits per heavy atom. The molecule has 16 heavy (non-hydrogen) atoms. The summed E-state index contributed by atoms with van der Waals surface area (Å²) in [6.07, 6.45) is 2.09. The summed E-state index contributed by atoms with van der Waals surface area (Å²) in [5, 5.41) is 3.40. The lowest BCUT2D eigenvalue weighted by molar-refractivity contribution is 0.354. The number of hydrogen-bond donors (Lipinski definition) is 0. The van der Waals surface area contributed by atoms with Crippen LogP contribution in [0.15, 0.2) is 5.38 Å². The first-order chi connectivity index (χ1) is 7.30. The summed E-state index contributed by atoms with van der Waals surface area (Å²) in [6, 6.07) is 0. The van der Waals surface area contributed by atoms with E-state index in [1.165, 1.54) is 10.7 Å². The third kappa shape index (κ3) is 3.46. The molecule has 1 aromatic rings. The maximum absolute atomic E-state index is 6.03. The first kappa shape index (κ1) is 14.0. The molecular formula is C13H22ClNS. The minimum absolute atomic E-state index is 0.151. The Labute approximate surface area is 108 Å². The van der Waals surface area contributed by atoms with Crippen LogP contribution in [0.3, 0.4) is 0 Å². The molecular weight excluding hydrogens is 238 g/mol. The fraction of sp³-hybridized carbons (Fsp3) is 0.769. The van der Waals surface area contributed by atoms with Gasteiger partial charge in [-0.1, -0.05) is 34.6 Å². The van der Waals surface area contributed by atoms with Gasteiger partial charge in [-0.15, -0.1) is 22.9 Å². The van der Waals surface area contributed by atoms with E-state index in [9.17, 15) is 0 Å². The highest BCUT2D eigenvalue weighted by Gasteiger charge is 2.24. The highest BCUT2D eigenvalue weighted by atomic mass is 35.5. The van der Waals surface area contributed by atoms with Crippen molar-refractivity contribution in [3.05, 3.63) is 16.1 Å². The molecule has 92 valence electrons. The molecule has 1 rings (SSSR count). The van der Waals surface area contributed by atoms with Crippen molar-refractivity contribution in [2.75, 3.05) is 5.88 Å². The number of halogens is 1. The maximum Gasteiger partial charge on any atom is 0.0934 e. The molecule has 0 radical (unpaired) electrons. The van der Waals surface area contributed by atoms with E-state index < -0.39 is 0 Å². The van der Waals surface area contributed by atoms with E-state index in [4.69, 9.17) is 16.6 Å². The van der Waals surface area contributed by atoms with Crippen LogP contribution in [-0.2, 0) is 11.8 Å². The summed E-state index contributed by atoms with van der Waals surface area (Å²) < 4.78 is 0. The summed E-state index contributed by atoms with van der Waals surface area (Å²) in [4.78, 5) is 4.72. The molecule has 0 saturated heterocycles. The van der Waals surface area contributed by atoms with Gasteiger partial charge < -0.3 is 0 Å². The summed E-state index contributed by atoms with van der Waals surface area (Å²) in [7, 11) is 0. The lowest BCUT2D eigenvalue weighted by Gasteiger charge is -2.24. The molecule has 0 N–H and O–H groups in total. The van der Waals surface area contributed by atoms with E-state index in [0.717, 1.165) is 12.8 Å². The van der Waals surface area contributed by atoms with Crippen LogP contribution in [-0.4, -0.2) is 10.9 Å². The van der Waals surface area contributed by atoms with Crippen LogP contribution in [0.25, 0.3) is 0 Å². The van der Waals surface area contributed by atoms with Gasteiger partial charge in [-0.2, -0.15) is 0 Å². The van der Waals surface area contributed by atoms with Crippen molar-refractivity contribution in [2.24, 2.45) is 5.41 Å². The quantitative estimate of drug-likeness (QED) is 0.718. The average molecular weight is 260 g/mol. The second kappa shape index (κ2) is 5.05. The molecule has 0 aromatic carbocycles. The van der Waals surface area contributed by atoms with Gasteiger partial charge >= 0.3 is 0 Å². The zero-order chi connectivity index (χ0) is 12.4. The number of nitrogens with zero attached hydrogens (tertiary/aromatic N) is 1. The number of hydrogen-bond acceptors (Lipinski definition) is 2. The second-order valence-corrected chi connectivity index (χ2v) is 7.06. The Kier molecular flexibility index (Phi) is 4.42. The molecule has 0 saturated carbocycles. The number of alkyl halides is 1. The van der Waals surface area contributed by atoms with Gasteiger partial charge in [-0.05, 0) is 11.8 Å². The van der Waals surface area contributed by atoms with Gasteiger partial charge in [-0.25, -0.2) is 4.98 Å². The third-order valence-corrected chi connectivity index (χ3v) is 4.57. The predicted octanol–water partition coefficient (Wildman–Crippen LogP) is 4.64. The van der Waals surface area contributed by atoms with Gasteiger partial charge in [0.05, 0.1) is 10.7 Å². The van der Waals surface area contributed by atoms with E-state index in [-0.39, 0.29) is 10.8 Å². The molecule has 0 aliphatic carbocycles. The van der Waals surface area contributed by atoms with Crippen LogP contribution in [0.2, 0.25) is 0 Å². The Hall–Kier alpha value is -0.0800. The number of thiazole rings is 1. The highest BCUT2D eigenvalue weighted by molar-refractivity contribution is 7.09. The highest BCUT2D eigenvalue weighted by Crippen LogP contribution is 2.31. The summed E-state index contributed by atoms with van der Waals surface area (Å²) in [5.74, 6) is 0.702.